The molecule has 0 aliphatic carbocycles. The Hall–Kier alpha value is -1.12. The van der Waals surface area contributed by atoms with Crippen molar-refractivity contribution in [3.8, 4) is 0 Å². The van der Waals surface area contributed by atoms with Gasteiger partial charge in [-0.2, -0.15) is 0 Å². The van der Waals surface area contributed by atoms with Gasteiger partial charge in [0.1, 0.15) is 0 Å². The normalized spacial score (nSPS) is 25.0. The van der Waals surface area contributed by atoms with Crippen LogP contribution in [0, 0.1) is 5.92 Å². The zero-order valence-corrected chi connectivity index (χ0v) is 5.62. The Morgan fingerprint density at radius 2 is 2.40 bits per heavy atom. The topological polar surface area (TPSA) is 37.4 Å². The lowest BCUT2D eigenvalue weighted by Gasteiger charge is -2.03. The van der Waals surface area contributed by atoms with E-state index in [9.17, 15) is 9.59 Å². The Labute approximate surface area is 59.3 Å². The highest BCUT2D eigenvalue weighted by Gasteiger charge is 2.28. The minimum absolute atomic E-state index is 0.120. The summed E-state index contributed by atoms with van der Waals surface area (Å²) in [6.07, 6.45) is 2.89. The first kappa shape index (κ1) is 6.99. The lowest BCUT2D eigenvalue weighted by molar-refractivity contribution is -0.136. The smallest absolute Gasteiger partial charge is 0.235 e. The molecule has 1 aliphatic rings. The molecule has 0 saturated carbocycles. The molecule has 0 spiro atoms. The van der Waals surface area contributed by atoms with Crippen LogP contribution < -0.4 is 0 Å². The van der Waals surface area contributed by atoms with Gasteiger partial charge in [0.15, 0.2) is 0 Å². The molecule has 54 valence electrons. The molecule has 0 radical (unpaired) electrons. The van der Waals surface area contributed by atoms with Crippen LogP contribution in [0.2, 0.25) is 0 Å². The van der Waals surface area contributed by atoms with Gasteiger partial charge in [0.05, 0.1) is 5.92 Å². The number of hydrogen-bond acceptors (Lipinski definition) is 2. The lowest BCUT2D eigenvalue weighted by Crippen LogP contribution is -2.24. The summed E-state index contributed by atoms with van der Waals surface area (Å²) in [5.41, 5.74) is 0. The van der Waals surface area contributed by atoms with E-state index in [4.69, 9.17) is 0 Å². The molecular weight excluding hydrogens is 130 g/mol. The minimum atomic E-state index is -0.134. The summed E-state index contributed by atoms with van der Waals surface area (Å²) in [4.78, 5) is 22.3. The van der Waals surface area contributed by atoms with Crippen LogP contribution >= 0.6 is 0 Å². The number of carbonyl (C=O) groups is 2. The lowest BCUT2D eigenvalue weighted by atomic mass is 10.1. The molecule has 1 atom stereocenters. The third-order valence-corrected chi connectivity index (χ3v) is 1.69. The Kier molecular flexibility index (Phi) is 1.85. The first-order valence-electron chi connectivity index (χ1n) is 3.18. The highest BCUT2D eigenvalue weighted by atomic mass is 16.2. The van der Waals surface area contributed by atoms with Crippen molar-refractivity contribution in [1.29, 1.82) is 0 Å². The van der Waals surface area contributed by atoms with Gasteiger partial charge < -0.3 is 0 Å². The molecule has 1 saturated heterocycles. The van der Waals surface area contributed by atoms with E-state index < -0.39 is 0 Å². The minimum Gasteiger partial charge on any atom is -0.285 e. The summed E-state index contributed by atoms with van der Waals surface area (Å²) in [7, 11) is 0. The summed E-state index contributed by atoms with van der Waals surface area (Å²) in [6, 6.07) is 0. The second-order valence-electron chi connectivity index (χ2n) is 2.27. The number of carbonyl (C=O) groups excluding carboxylic acids is 2. The molecule has 0 bridgehead atoms. The molecule has 0 aromatic carbocycles. The van der Waals surface area contributed by atoms with Crippen LogP contribution in [0.25, 0.3) is 0 Å². The van der Waals surface area contributed by atoms with E-state index in [-0.39, 0.29) is 11.8 Å². The zero-order chi connectivity index (χ0) is 7.56. The van der Waals surface area contributed by atoms with E-state index in [1.165, 1.54) is 4.90 Å². The van der Waals surface area contributed by atoms with E-state index in [2.05, 4.69) is 6.58 Å². The Balaban J connectivity index is 2.66. The Morgan fingerprint density at radius 1 is 1.70 bits per heavy atom. The van der Waals surface area contributed by atoms with Gasteiger partial charge in [0.25, 0.3) is 0 Å². The number of amides is 2. The van der Waals surface area contributed by atoms with Crippen LogP contribution in [0.5, 0.6) is 0 Å². The molecule has 10 heavy (non-hydrogen) atoms. The van der Waals surface area contributed by atoms with Gasteiger partial charge in [-0.15, -0.1) is 6.58 Å². The average molecular weight is 139 g/mol. The molecule has 2 amide bonds. The standard InChI is InChI=1S/C7H9NO2/c1-2-6-3-4-8(5-9)7(6)10/h2,5-6H,1,3-4H2. The summed E-state index contributed by atoms with van der Waals surface area (Å²) < 4.78 is 0. The van der Waals surface area contributed by atoms with Crippen LogP contribution in [0.4, 0.5) is 0 Å². The predicted molar refractivity (Wildman–Crippen MR) is 36.1 cm³/mol. The number of imide groups is 1. The highest BCUT2D eigenvalue weighted by molar-refractivity contribution is 5.90. The van der Waals surface area contributed by atoms with Crippen molar-refractivity contribution in [3.05, 3.63) is 12.7 Å². The summed E-state index contributed by atoms with van der Waals surface area (Å²) in [6.45, 7) is 4.04. The van der Waals surface area contributed by atoms with Gasteiger partial charge in [0.2, 0.25) is 12.3 Å². The molecule has 3 heteroatoms. The third-order valence-electron chi connectivity index (χ3n) is 1.69. The van der Waals surface area contributed by atoms with Gasteiger partial charge in [-0.3, -0.25) is 14.5 Å². The monoisotopic (exact) mass is 139 g/mol. The van der Waals surface area contributed by atoms with Gasteiger partial charge in [-0.25, -0.2) is 0 Å². The Bertz CT molecular complexity index is 158. The van der Waals surface area contributed by atoms with Crippen molar-refractivity contribution < 1.29 is 9.59 Å². The quantitative estimate of drug-likeness (QED) is 0.404. The first-order valence-corrected chi connectivity index (χ1v) is 3.18. The van der Waals surface area contributed by atoms with Crippen LogP contribution in [-0.4, -0.2) is 23.8 Å². The van der Waals surface area contributed by atoms with Crippen molar-refractivity contribution in [2.75, 3.05) is 6.54 Å². The second-order valence-corrected chi connectivity index (χ2v) is 2.27. The summed E-state index contributed by atoms with van der Waals surface area (Å²) in [5, 5.41) is 0. The number of likely N-dealkylation sites (tertiary alicyclic amines) is 1. The number of hydrogen-bond donors (Lipinski definition) is 0. The molecule has 1 heterocycles. The van der Waals surface area contributed by atoms with E-state index in [1.54, 1.807) is 6.08 Å². The molecule has 1 aliphatic heterocycles. The molecule has 0 N–H and O–H groups in total. The fraction of sp³-hybridized carbons (Fsp3) is 0.429. The van der Waals surface area contributed by atoms with Gasteiger partial charge >= 0.3 is 0 Å². The van der Waals surface area contributed by atoms with Crippen LogP contribution in [0.1, 0.15) is 6.42 Å². The summed E-state index contributed by atoms with van der Waals surface area (Å²) >= 11 is 0. The predicted octanol–water partition coefficient (Wildman–Crippen LogP) is 0.177. The SMILES string of the molecule is C=CC1CCN(C=O)C1=O. The number of nitrogens with zero attached hydrogens (tertiary/aromatic N) is 1. The first-order chi connectivity index (χ1) is 4.79. The largest absolute Gasteiger partial charge is 0.285 e. The van der Waals surface area contributed by atoms with Crippen molar-refractivity contribution in [1.82, 2.24) is 4.90 Å². The molecule has 0 aromatic rings. The van der Waals surface area contributed by atoms with Crippen molar-refractivity contribution in [3.63, 3.8) is 0 Å². The Morgan fingerprint density at radius 3 is 2.70 bits per heavy atom. The van der Waals surface area contributed by atoms with E-state index in [1.807, 2.05) is 0 Å². The zero-order valence-electron chi connectivity index (χ0n) is 5.62. The maximum atomic E-state index is 11.0. The molecule has 3 nitrogen and oxygen atoms in total. The molecule has 1 fully saturated rings. The molecule has 1 rings (SSSR count). The maximum absolute atomic E-state index is 11.0. The van der Waals surface area contributed by atoms with Crippen LogP contribution in [-0.2, 0) is 9.59 Å². The third kappa shape index (κ3) is 0.943. The van der Waals surface area contributed by atoms with Crippen LogP contribution in [0.3, 0.4) is 0 Å². The van der Waals surface area contributed by atoms with E-state index in [0.717, 1.165) is 6.42 Å². The highest BCUT2D eigenvalue weighted by Crippen LogP contribution is 2.16. The van der Waals surface area contributed by atoms with Crippen LogP contribution in [0.15, 0.2) is 12.7 Å². The van der Waals surface area contributed by atoms with Crippen molar-refractivity contribution >= 4 is 12.3 Å². The van der Waals surface area contributed by atoms with Gasteiger partial charge in [-0.05, 0) is 6.42 Å². The number of rotatable bonds is 2. The van der Waals surface area contributed by atoms with E-state index >= 15 is 0 Å². The maximum Gasteiger partial charge on any atom is 0.235 e. The van der Waals surface area contributed by atoms with Crippen molar-refractivity contribution in [2.45, 2.75) is 6.42 Å². The average Bonchev–Trinajstić information content (AvgIpc) is 2.30. The van der Waals surface area contributed by atoms with Crippen molar-refractivity contribution in [2.24, 2.45) is 5.92 Å². The second kappa shape index (κ2) is 2.64. The van der Waals surface area contributed by atoms with Gasteiger partial charge in [0, 0.05) is 6.54 Å². The van der Waals surface area contributed by atoms with Gasteiger partial charge in [-0.1, -0.05) is 6.08 Å². The summed E-state index contributed by atoms with van der Waals surface area (Å²) in [5.74, 6) is -0.254. The fourth-order valence-corrected chi connectivity index (χ4v) is 1.05. The molecular formula is C7H9NO2. The molecule has 1 unspecified atom stereocenters. The van der Waals surface area contributed by atoms with E-state index in [0.29, 0.717) is 13.0 Å². The fourth-order valence-electron chi connectivity index (χ4n) is 1.05. The molecule has 0 aromatic heterocycles.